The Bertz CT molecular complexity index is 321. The molecule has 1 heterocycles. The molecule has 2 rings (SSSR count). The van der Waals surface area contributed by atoms with Gasteiger partial charge in [0.05, 0.1) is 6.26 Å². The van der Waals surface area contributed by atoms with Crippen LogP contribution in [0.1, 0.15) is 29.8 Å². The molecule has 0 aliphatic heterocycles. The molecule has 15 heavy (non-hydrogen) atoms. The van der Waals surface area contributed by atoms with Crippen molar-refractivity contribution in [2.45, 2.75) is 25.3 Å². The number of rotatable bonds is 3. The van der Waals surface area contributed by atoms with Crippen molar-refractivity contribution >= 4 is 5.91 Å². The summed E-state index contributed by atoms with van der Waals surface area (Å²) in [4.78, 5) is 11.6. The minimum atomic E-state index is -0.189. The van der Waals surface area contributed by atoms with Crippen LogP contribution in [0.2, 0.25) is 0 Å². The van der Waals surface area contributed by atoms with Gasteiger partial charge in [-0.2, -0.15) is 0 Å². The van der Waals surface area contributed by atoms with Gasteiger partial charge in [0, 0.05) is 18.6 Å². The fraction of sp³-hybridized carbons (Fsp3) is 0.545. The van der Waals surface area contributed by atoms with E-state index in [0.717, 1.165) is 19.3 Å². The largest absolute Gasteiger partial charge is 0.459 e. The number of carbonyl (C=O) groups is 1. The predicted octanol–water partition coefficient (Wildman–Crippen LogP) is 1.17. The van der Waals surface area contributed by atoms with Gasteiger partial charge in [-0.15, -0.1) is 0 Å². The molecular formula is C11H15NO3. The molecule has 1 aliphatic rings. The molecule has 1 aromatic rings. The smallest absolute Gasteiger partial charge is 0.287 e. The lowest BCUT2D eigenvalue weighted by atomic mass is 10.1. The second-order valence-electron chi connectivity index (χ2n) is 3.93. The van der Waals surface area contributed by atoms with Crippen LogP contribution >= 0.6 is 0 Å². The Labute approximate surface area is 88.3 Å². The van der Waals surface area contributed by atoms with Gasteiger partial charge in [0.25, 0.3) is 5.91 Å². The quantitative estimate of drug-likeness (QED) is 0.785. The minimum Gasteiger partial charge on any atom is -0.459 e. The molecule has 4 nitrogen and oxygen atoms in total. The Balaban J connectivity index is 1.94. The van der Waals surface area contributed by atoms with Gasteiger partial charge >= 0.3 is 0 Å². The fourth-order valence-electron chi connectivity index (χ4n) is 2.09. The standard InChI is InChI=1S/C11H15NO3/c13-7-8-3-1-4-9(8)12-11(14)10-5-2-6-15-10/h2,5-6,8-9,13H,1,3-4,7H2,(H,12,14). The van der Waals surface area contributed by atoms with Gasteiger partial charge in [-0.1, -0.05) is 6.42 Å². The average molecular weight is 209 g/mol. The summed E-state index contributed by atoms with van der Waals surface area (Å²) in [6.07, 6.45) is 4.47. The fourth-order valence-corrected chi connectivity index (χ4v) is 2.09. The topological polar surface area (TPSA) is 62.5 Å². The van der Waals surface area contributed by atoms with E-state index < -0.39 is 0 Å². The lowest BCUT2D eigenvalue weighted by molar-refractivity contribution is 0.0888. The molecule has 1 fully saturated rings. The predicted molar refractivity (Wildman–Crippen MR) is 54.4 cm³/mol. The monoisotopic (exact) mass is 209 g/mol. The molecule has 82 valence electrons. The van der Waals surface area contributed by atoms with E-state index in [1.165, 1.54) is 6.26 Å². The highest BCUT2D eigenvalue weighted by Crippen LogP contribution is 2.25. The van der Waals surface area contributed by atoms with E-state index in [0.29, 0.717) is 5.76 Å². The molecule has 1 aromatic heterocycles. The summed E-state index contributed by atoms with van der Waals surface area (Å²) < 4.78 is 5.00. The van der Waals surface area contributed by atoms with E-state index >= 15 is 0 Å². The van der Waals surface area contributed by atoms with Crippen LogP contribution in [-0.4, -0.2) is 23.7 Å². The highest BCUT2D eigenvalue weighted by atomic mass is 16.3. The van der Waals surface area contributed by atoms with E-state index in [1.807, 2.05) is 0 Å². The van der Waals surface area contributed by atoms with Crippen molar-refractivity contribution in [3.8, 4) is 0 Å². The molecule has 2 unspecified atom stereocenters. The minimum absolute atomic E-state index is 0.0904. The third kappa shape index (κ3) is 2.21. The van der Waals surface area contributed by atoms with Crippen LogP contribution in [0.25, 0.3) is 0 Å². The number of nitrogens with one attached hydrogen (secondary N) is 1. The molecule has 2 atom stereocenters. The van der Waals surface area contributed by atoms with E-state index in [9.17, 15) is 4.79 Å². The molecular weight excluding hydrogens is 194 g/mol. The van der Waals surface area contributed by atoms with Crippen LogP contribution in [-0.2, 0) is 0 Å². The first-order valence-corrected chi connectivity index (χ1v) is 5.26. The third-order valence-corrected chi connectivity index (χ3v) is 2.96. The number of hydrogen-bond acceptors (Lipinski definition) is 3. The van der Waals surface area contributed by atoms with E-state index in [4.69, 9.17) is 9.52 Å². The van der Waals surface area contributed by atoms with Crippen LogP contribution in [0.3, 0.4) is 0 Å². The summed E-state index contributed by atoms with van der Waals surface area (Å²) in [6.45, 7) is 0.142. The molecule has 1 saturated carbocycles. The first-order chi connectivity index (χ1) is 7.31. The van der Waals surface area contributed by atoms with Gasteiger partial charge in [0.2, 0.25) is 0 Å². The van der Waals surface area contributed by atoms with Gasteiger partial charge in [0.15, 0.2) is 5.76 Å². The number of furan rings is 1. The van der Waals surface area contributed by atoms with Crippen molar-refractivity contribution in [1.29, 1.82) is 0 Å². The molecule has 0 bridgehead atoms. The Hall–Kier alpha value is -1.29. The molecule has 0 spiro atoms. The Morgan fingerprint density at radius 3 is 3.13 bits per heavy atom. The Morgan fingerprint density at radius 1 is 1.60 bits per heavy atom. The van der Waals surface area contributed by atoms with Gasteiger partial charge in [-0.25, -0.2) is 0 Å². The molecule has 4 heteroatoms. The summed E-state index contributed by atoms with van der Waals surface area (Å²) in [6, 6.07) is 3.42. The Morgan fingerprint density at radius 2 is 2.47 bits per heavy atom. The Kier molecular flexibility index (Phi) is 3.06. The van der Waals surface area contributed by atoms with Crippen LogP contribution in [0.15, 0.2) is 22.8 Å². The van der Waals surface area contributed by atoms with Crippen molar-refractivity contribution in [2.24, 2.45) is 5.92 Å². The second kappa shape index (κ2) is 4.49. The maximum absolute atomic E-state index is 11.6. The number of amides is 1. The molecule has 2 N–H and O–H groups in total. The summed E-state index contributed by atoms with van der Waals surface area (Å²) in [5, 5.41) is 12.0. The number of hydrogen-bond donors (Lipinski definition) is 2. The van der Waals surface area contributed by atoms with E-state index in [1.54, 1.807) is 12.1 Å². The molecule has 0 radical (unpaired) electrons. The maximum atomic E-state index is 11.6. The highest BCUT2D eigenvalue weighted by Gasteiger charge is 2.28. The van der Waals surface area contributed by atoms with Crippen molar-refractivity contribution in [2.75, 3.05) is 6.61 Å². The lowest BCUT2D eigenvalue weighted by Crippen LogP contribution is -2.38. The zero-order valence-electron chi connectivity index (χ0n) is 8.48. The highest BCUT2D eigenvalue weighted by molar-refractivity contribution is 5.91. The normalized spacial score (nSPS) is 25.4. The number of aliphatic hydroxyl groups is 1. The zero-order valence-corrected chi connectivity index (χ0v) is 8.48. The van der Waals surface area contributed by atoms with Crippen molar-refractivity contribution in [1.82, 2.24) is 5.32 Å². The number of aliphatic hydroxyl groups excluding tert-OH is 1. The summed E-state index contributed by atoms with van der Waals surface area (Å²) in [5.74, 6) is 0.341. The van der Waals surface area contributed by atoms with Crippen molar-refractivity contribution < 1.29 is 14.3 Å². The van der Waals surface area contributed by atoms with Crippen molar-refractivity contribution in [3.63, 3.8) is 0 Å². The lowest BCUT2D eigenvalue weighted by Gasteiger charge is -2.17. The van der Waals surface area contributed by atoms with E-state index in [-0.39, 0.29) is 24.5 Å². The first kappa shape index (κ1) is 10.2. The summed E-state index contributed by atoms with van der Waals surface area (Å²) >= 11 is 0. The molecule has 0 saturated heterocycles. The van der Waals surface area contributed by atoms with Crippen LogP contribution in [0.5, 0.6) is 0 Å². The SMILES string of the molecule is O=C(NC1CCCC1CO)c1ccco1. The average Bonchev–Trinajstić information content (AvgIpc) is 2.87. The first-order valence-electron chi connectivity index (χ1n) is 5.26. The molecule has 1 amide bonds. The van der Waals surface area contributed by atoms with Crippen LogP contribution in [0.4, 0.5) is 0 Å². The van der Waals surface area contributed by atoms with Crippen LogP contribution in [0, 0.1) is 5.92 Å². The van der Waals surface area contributed by atoms with Gasteiger partial charge < -0.3 is 14.8 Å². The summed E-state index contributed by atoms with van der Waals surface area (Å²) in [5.41, 5.74) is 0. The molecule has 1 aliphatic carbocycles. The number of carbonyl (C=O) groups excluding carboxylic acids is 1. The van der Waals surface area contributed by atoms with E-state index in [2.05, 4.69) is 5.32 Å². The second-order valence-corrected chi connectivity index (χ2v) is 3.93. The molecule has 0 aromatic carbocycles. The zero-order chi connectivity index (χ0) is 10.7. The summed E-state index contributed by atoms with van der Waals surface area (Å²) in [7, 11) is 0. The van der Waals surface area contributed by atoms with Crippen LogP contribution < -0.4 is 5.32 Å². The van der Waals surface area contributed by atoms with Gasteiger partial charge in [0.1, 0.15) is 0 Å². The van der Waals surface area contributed by atoms with Gasteiger partial charge in [-0.05, 0) is 25.0 Å². The maximum Gasteiger partial charge on any atom is 0.287 e. The van der Waals surface area contributed by atoms with Crippen molar-refractivity contribution in [3.05, 3.63) is 24.2 Å². The van der Waals surface area contributed by atoms with Gasteiger partial charge in [-0.3, -0.25) is 4.79 Å². The third-order valence-electron chi connectivity index (χ3n) is 2.96.